The van der Waals surface area contributed by atoms with E-state index in [2.05, 4.69) is 12.0 Å². The molecule has 5 heteroatoms. The maximum Gasteiger partial charge on any atom is 0.339 e. The Balaban J connectivity index is 2.49. The molecule has 0 bridgehead atoms. The van der Waals surface area contributed by atoms with Gasteiger partial charge in [0.1, 0.15) is 11.3 Å². The van der Waals surface area contributed by atoms with Crippen LogP contribution < -0.4 is 0 Å². The lowest BCUT2D eigenvalue weighted by molar-refractivity contribution is 0.0697. The Kier molecular flexibility index (Phi) is 3.28. The van der Waals surface area contributed by atoms with Gasteiger partial charge in [-0.3, -0.25) is 4.68 Å². The quantitative estimate of drug-likeness (QED) is 0.907. The lowest BCUT2D eigenvalue weighted by atomic mass is 10.2. The van der Waals surface area contributed by atoms with Crippen molar-refractivity contribution in [2.45, 2.75) is 26.8 Å². The van der Waals surface area contributed by atoms with Crippen LogP contribution in [0.3, 0.4) is 0 Å². The first kappa shape index (κ1) is 11.9. The average molecular weight is 250 g/mol. The number of aromatic carboxylic acids is 1. The van der Waals surface area contributed by atoms with Gasteiger partial charge in [0.2, 0.25) is 0 Å². The van der Waals surface area contributed by atoms with Crippen LogP contribution in [0.1, 0.15) is 29.1 Å². The molecule has 0 radical (unpaired) electrons. The smallest absolute Gasteiger partial charge is 0.339 e. The first-order valence-corrected chi connectivity index (χ1v) is 6.37. The molecule has 2 aromatic heterocycles. The second-order valence-corrected chi connectivity index (χ2v) is 4.84. The van der Waals surface area contributed by atoms with Gasteiger partial charge in [-0.1, -0.05) is 6.92 Å². The molecule has 0 amide bonds. The molecule has 0 aliphatic carbocycles. The fourth-order valence-corrected chi connectivity index (χ4v) is 2.56. The summed E-state index contributed by atoms with van der Waals surface area (Å²) in [5.41, 5.74) is 0.848. The zero-order valence-electron chi connectivity index (χ0n) is 9.80. The minimum Gasteiger partial charge on any atom is -0.478 e. The van der Waals surface area contributed by atoms with E-state index in [-0.39, 0.29) is 5.56 Å². The summed E-state index contributed by atoms with van der Waals surface area (Å²) >= 11 is 1.60. The van der Waals surface area contributed by atoms with E-state index in [1.807, 2.05) is 19.1 Å². The predicted octanol–water partition coefficient (Wildman–Crippen LogP) is 2.89. The number of hydrogen-bond donors (Lipinski definition) is 1. The summed E-state index contributed by atoms with van der Waals surface area (Å²) in [4.78, 5) is 13.3. The van der Waals surface area contributed by atoms with Crippen molar-refractivity contribution in [2.75, 3.05) is 0 Å². The molecule has 0 aliphatic rings. The lowest BCUT2D eigenvalue weighted by Gasteiger charge is -1.93. The van der Waals surface area contributed by atoms with Gasteiger partial charge in [-0.25, -0.2) is 4.79 Å². The van der Waals surface area contributed by atoms with Crippen molar-refractivity contribution in [3.63, 3.8) is 0 Å². The van der Waals surface area contributed by atoms with Crippen molar-refractivity contribution in [2.24, 2.45) is 0 Å². The summed E-state index contributed by atoms with van der Waals surface area (Å²) < 4.78 is 1.66. The minimum absolute atomic E-state index is 0.274. The highest BCUT2D eigenvalue weighted by molar-refractivity contribution is 7.15. The lowest BCUT2D eigenvalue weighted by Crippen LogP contribution is -1.95. The number of thiophene rings is 1. The first-order chi connectivity index (χ1) is 8.15. The van der Waals surface area contributed by atoms with Crippen LogP contribution in [0.25, 0.3) is 10.6 Å². The van der Waals surface area contributed by atoms with Crippen LogP contribution in [0.2, 0.25) is 0 Å². The molecule has 2 rings (SSSR count). The molecule has 0 unspecified atom stereocenters. The van der Waals surface area contributed by atoms with Gasteiger partial charge in [-0.15, -0.1) is 11.3 Å². The van der Waals surface area contributed by atoms with E-state index in [1.165, 1.54) is 4.88 Å². The molecular weight excluding hydrogens is 236 g/mol. The van der Waals surface area contributed by atoms with Crippen molar-refractivity contribution in [3.05, 3.63) is 28.8 Å². The fourth-order valence-electron chi connectivity index (χ4n) is 1.62. The molecule has 0 aliphatic heterocycles. The normalized spacial score (nSPS) is 10.7. The van der Waals surface area contributed by atoms with Crippen LogP contribution in [0.4, 0.5) is 0 Å². The Morgan fingerprint density at radius 3 is 2.76 bits per heavy atom. The van der Waals surface area contributed by atoms with Crippen molar-refractivity contribution < 1.29 is 9.90 Å². The Hall–Kier alpha value is -1.62. The highest BCUT2D eigenvalue weighted by Crippen LogP contribution is 2.29. The van der Waals surface area contributed by atoms with Crippen LogP contribution >= 0.6 is 11.3 Å². The Morgan fingerprint density at radius 2 is 2.24 bits per heavy atom. The van der Waals surface area contributed by atoms with Gasteiger partial charge in [0.15, 0.2) is 0 Å². The number of hydrogen-bond acceptors (Lipinski definition) is 3. The third-order valence-corrected chi connectivity index (χ3v) is 3.80. The number of carbonyl (C=O) groups is 1. The molecular formula is C12H14N2O2S. The Morgan fingerprint density at radius 1 is 1.47 bits per heavy atom. The highest BCUT2D eigenvalue weighted by atomic mass is 32.1. The van der Waals surface area contributed by atoms with Gasteiger partial charge < -0.3 is 5.11 Å². The molecule has 4 nitrogen and oxygen atoms in total. The van der Waals surface area contributed by atoms with E-state index in [0.29, 0.717) is 12.2 Å². The summed E-state index contributed by atoms with van der Waals surface area (Å²) in [6.07, 6.45) is 2.55. The molecule has 0 spiro atoms. The maximum atomic E-state index is 11.2. The average Bonchev–Trinajstić information content (AvgIpc) is 2.94. The molecule has 0 aromatic carbocycles. The van der Waals surface area contributed by atoms with Gasteiger partial charge >= 0.3 is 5.97 Å². The molecule has 90 valence electrons. The largest absolute Gasteiger partial charge is 0.478 e. The topological polar surface area (TPSA) is 55.1 Å². The third-order valence-electron chi connectivity index (χ3n) is 2.56. The summed E-state index contributed by atoms with van der Waals surface area (Å²) in [5, 5.41) is 13.5. The molecule has 0 saturated heterocycles. The van der Waals surface area contributed by atoms with E-state index in [0.717, 1.165) is 11.3 Å². The fraction of sp³-hybridized carbons (Fsp3) is 0.333. The maximum absolute atomic E-state index is 11.2. The number of aromatic nitrogens is 2. The van der Waals surface area contributed by atoms with Gasteiger partial charge in [0.05, 0.1) is 4.88 Å². The van der Waals surface area contributed by atoms with Crippen molar-refractivity contribution in [3.8, 4) is 10.6 Å². The zero-order chi connectivity index (χ0) is 12.4. The summed E-state index contributed by atoms with van der Waals surface area (Å²) in [6, 6.07) is 3.97. The van der Waals surface area contributed by atoms with Crippen molar-refractivity contribution >= 4 is 17.3 Å². The number of carboxylic acid groups (broad SMARTS) is 1. The van der Waals surface area contributed by atoms with Crippen molar-refractivity contribution in [1.29, 1.82) is 0 Å². The molecule has 1 N–H and O–H groups in total. The molecule has 2 aromatic rings. The van der Waals surface area contributed by atoms with Gasteiger partial charge in [0.25, 0.3) is 0 Å². The molecule has 0 fully saturated rings. The number of carboxylic acids is 1. The molecule has 17 heavy (non-hydrogen) atoms. The monoisotopic (exact) mass is 250 g/mol. The summed E-state index contributed by atoms with van der Waals surface area (Å²) in [6.45, 7) is 4.69. The van der Waals surface area contributed by atoms with Gasteiger partial charge in [-0.2, -0.15) is 5.10 Å². The van der Waals surface area contributed by atoms with E-state index in [1.54, 1.807) is 22.2 Å². The van der Waals surface area contributed by atoms with Crippen LogP contribution in [-0.2, 0) is 13.0 Å². The summed E-state index contributed by atoms with van der Waals surface area (Å²) in [7, 11) is 0. The first-order valence-electron chi connectivity index (χ1n) is 5.55. The SMILES string of the molecule is CCc1ccc(-c2nn(CC)cc2C(=O)O)s1. The Bertz CT molecular complexity index is 542. The third kappa shape index (κ3) is 2.24. The molecule has 0 atom stereocenters. The van der Waals surface area contributed by atoms with E-state index in [9.17, 15) is 4.79 Å². The number of rotatable bonds is 4. The predicted molar refractivity (Wildman–Crippen MR) is 67.6 cm³/mol. The van der Waals surface area contributed by atoms with E-state index in [4.69, 9.17) is 5.11 Å². The molecule has 2 heterocycles. The summed E-state index contributed by atoms with van der Waals surface area (Å²) in [5.74, 6) is -0.925. The van der Waals surface area contributed by atoms with Crippen LogP contribution in [0.15, 0.2) is 18.3 Å². The van der Waals surface area contributed by atoms with Crippen LogP contribution in [-0.4, -0.2) is 20.9 Å². The van der Waals surface area contributed by atoms with Crippen molar-refractivity contribution in [1.82, 2.24) is 9.78 Å². The standard InChI is InChI=1S/C12H14N2O2S/c1-3-8-5-6-10(17-8)11-9(12(15)16)7-14(4-2)13-11/h5-7H,3-4H2,1-2H3,(H,15,16). The van der Waals surface area contributed by atoms with Gasteiger partial charge in [-0.05, 0) is 25.5 Å². The van der Waals surface area contributed by atoms with Gasteiger partial charge in [0, 0.05) is 17.6 Å². The second kappa shape index (κ2) is 4.71. The van der Waals surface area contributed by atoms with E-state index < -0.39 is 5.97 Å². The zero-order valence-corrected chi connectivity index (χ0v) is 10.6. The van der Waals surface area contributed by atoms with Crippen LogP contribution in [0, 0.1) is 0 Å². The van der Waals surface area contributed by atoms with Crippen LogP contribution in [0.5, 0.6) is 0 Å². The number of nitrogens with zero attached hydrogens (tertiary/aromatic N) is 2. The second-order valence-electron chi connectivity index (χ2n) is 3.67. The Labute approximate surface area is 104 Å². The van der Waals surface area contributed by atoms with E-state index >= 15 is 0 Å². The number of aryl methyl sites for hydroxylation is 2. The minimum atomic E-state index is -0.925. The highest BCUT2D eigenvalue weighted by Gasteiger charge is 2.17. The molecule has 0 saturated carbocycles.